The molecule has 1 atom stereocenters. The molecule has 1 aliphatic carbocycles. The molecule has 0 fully saturated rings. The summed E-state index contributed by atoms with van der Waals surface area (Å²) in [5.41, 5.74) is 4.15. The third-order valence-electron chi connectivity index (χ3n) is 6.28. The van der Waals surface area contributed by atoms with Gasteiger partial charge in [-0.3, -0.25) is 9.59 Å². The highest BCUT2D eigenvalue weighted by Crippen LogP contribution is 2.35. The van der Waals surface area contributed by atoms with Crippen LogP contribution in [0.25, 0.3) is 11.3 Å². The molecule has 2 heterocycles. The summed E-state index contributed by atoms with van der Waals surface area (Å²) in [5.74, 6) is 0.305. The Bertz CT molecular complexity index is 1180. The molecule has 184 valence electrons. The topological polar surface area (TPSA) is 90.5 Å². The van der Waals surface area contributed by atoms with Crippen molar-refractivity contribution in [3.63, 3.8) is 0 Å². The van der Waals surface area contributed by atoms with E-state index in [1.54, 1.807) is 18.1 Å². The van der Waals surface area contributed by atoms with Crippen molar-refractivity contribution < 1.29 is 9.59 Å². The molecule has 1 aliphatic heterocycles. The van der Waals surface area contributed by atoms with Crippen LogP contribution in [0.5, 0.6) is 0 Å². The van der Waals surface area contributed by atoms with Crippen molar-refractivity contribution in [3.05, 3.63) is 60.0 Å². The van der Waals surface area contributed by atoms with E-state index in [0.717, 1.165) is 34.8 Å². The van der Waals surface area contributed by atoms with Crippen molar-refractivity contribution in [1.82, 2.24) is 20.2 Å². The molecular formula is C27H34N6O2. The third kappa shape index (κ3) is 5.77. The lowest BCUT2D eigenvalue weighted by Crippen LogP contribution is -2.41. The molecule has 2 aliphatic rings. The number of hydrogen-bond donors (Lipinski definition) is 2. The molecule has 2 amide bonds. The first-order valence-electron chi connectivity index (χ1n) is 11.9. The quantitative estimate of drug-likeness (QED) is 0.640. The second kappa shape index (κ2) is 10.00. The number of benzene rings is 1. The van der Waals surface area contributed by atoms with Crippen molar-refractivity contribution >= 4 is 23.5 Å². The number of nitrogens with zero attached hydrogens (tertiary/aromatic N) is 4. The average molecular weight is 475 g/mol. The van der Waals surface area contributed by atoms with Gasteiger partial charge in [0.1, 0.15) is 0 Å². The highest BCUT2D eigenvalue weighted by molar-refractivity contribution is 6.01. The van der Waals surface area contributed by atoms with Gasteiger partial charge in [0.15, 0.2) is 0 Å². The predicted molar refractivity (Wildman–Crippen MR) is 139 cm³/mol. The maximum atomic E-state index is 12.7. The lowest BCUT2D eigenvalue weighted by Gasteiger charge is -2.29. The van der Waals surface area contributed by atoms with Crippen LogP contribution in [-0.4, -0.2) is 60.9 Å². The highest BCUT2D eigenvalue weighted by Gasteiger charge is 2.26. The molecule has 0 spiro atoms. The molecule has 8 heteroatoms. The first-order chi connectivity index (χ1) is 16.6. The lowest BCUT2D eigenvalue weighted by atomic mass is 9.92. The maximum absolute atomic E-state index is 12.7. The molecule has 2 aromatic rings. The first kappa shape index (κ1) is 24.6. The fourth-order valence-corrected chi connectivity index (χ4v) is 4.62. The fourth-order valence-electron chi connectivity index (χ4n) is 4.62. The van der Waals surface area contributed by atoms with E-state index in [1.165, 1.54) is 0 Å². The molecule has 4 rings (SSSR count). The van der Waals surface area contributed by atoms with E-state index in [0.29, 0.717) is 18.9 Å². The summed E-state index contributed by atoms with van der Waals surface area (Å²) in [5, 5.41) is 6.35. The third-order valence-corrected chi connectivity index (χ3v) is 6.28. The van der Waals surface area contributed by atoms with Crippen LogP contribution >= 0.6 is 0 Å². The number of fused-ring (bicyclic) bond motifs is 3. The van der Waals surface area contributed by atoms with Crippen LogP contribution in [-0.2, 0) is 16.0 Å². The minimum atomic E-state index is -0.197. The zero-order valence-electron chi connectivity index (χ0n) is 21.1. The van der Waals surface area contributed by atoms with Crippen molar-refractivity contribution in [2.45, 2.75) is 26.7 Å². The van der Waals surface area contributed by atoms with Crippen LogP contribution in [0.3, 0.4) is 0 Å². The minimum Gasteiger partial charge on any atom is -0.355 e. The Morgan fingerprint density at radius 3 is 2.74 bits per heavy atom. The van der Waals surface area contributed by atoms with Gasteiger partial charge in [0.2, 0.25) is 17.8 Å². The van der Waals surface area contributed by atoms with Gasteiger partial charge in [-0.05, 0) is 38.1 Å². The summed E-state index contributed by atoms with van der Waals surface area (Å²) < 4.78 is 0. The predicted octanol–water partition coefficient (Wildman–Crippen LogP) is 3.24. The Morgan fingerprint density at radius 1 is 1.26 bits per heavy atom. The Kier molecular flexibility index (Phi) is 7.03. The largest absolute Gasteiger partial charge is 0.355 e. The number of anilines is 2. The van der Waals surface area contributed by atoms with E-state index in [-0.39, 0.29) is 29.6 Å². The average Bonchev–Trinajstić information content (AvgIpc) is 2.92. The van der Waals surface area contributed by atoms with Crippen LogP contribution in [0.1, 0.15) is 25.8 Å². The van der Waals surface area contributed by atoms with Gasteiger partial charge in [-0.25, -0.2) is 9.97 Å². The number of nitrogens with one attached hydrogen (secondary N) is 2. The number of para-hydroxylation sites is 1. The monoisotopic (exact) mass is 474 g/mol. The van der Waals surface area contributed by atoms with E-state index >= 15 is 0 Å². The summed E-state index contributed by atoms with van der Waals surface area (Å²) in [4.78, 5) is 38.3. The Labute approximate surface area is 207 Å². The second-order valence-electron chi connectivity index (χ2n) is 10.3. The molecule has 8 nitrogen and oxygen atoms in total. The molecule has 0 radical (unpaired) electrons. The van der Waals surface area contributed by atoms with Crippen LogP contribution < -0.4 is 15.5 Å². The van der Waals surface area contributed by atoms with Crippen LogP contribution in [0, 0.1) is 11.3 Å². The van der Waals surface area contributed by atoms with Crippen LogP contribution in [0.2, 0.25) is 0 Å². The van der Waals surface area contributed by atoms with Crippen LogP contribution in [0.4, 0.5) is 11.6 Å². The molecule has 0 saturated carbocycles. The Morgan fingerprint density at radius 2 is 2.03 bits per heavy atom. The van der Waals surface area contributed by atoms with E-state index in [9.17, 15) is 9.59 Å². The van der Waals surface area contributed by atoms with Crippen molar-refractivity contribution in [2.24, 2.45) is 11.3 Å². The summed E-state index contributed by atoms with van der Waals surface area (Å²) in [6.07, 6.45) is 8.40. The van der Waals surface area contributed by atoms with Crippen LogP contribution in [0.15, 0.2) is 54.4 Å². The molecule has 35 heavy (non-hydrogen) atoms. The summed E-state index contributed by atoms with van der Waals surface area (Å²) in [7, 11) is 5.86. The second-order valence-corrected chi connectivity index (χ2v) is 10.3. The minimum absolute atomic E-state index is 0.000795. The SMILES string of the molecule is CN(C)CC(C)(C)CNC(=O)C1C=CC(Nc2ncc3c(n2)-c2ccccc2N(C)C(=O)C3)=CC1. The van der Waals surface area contributed by atoms with Gasteiger partial charge in [-0.1, -0.05) is 44.2 Å². The lowest BCUT2D eigenvalue weighted by molar-refractivity contribution is -0.124. The molecule has 2 N–H and O–H groups in total. The zero-order valence-corrected chi connectivity index (χ0v) is 21.1. The van der Waals surface area contributed by atoms with Crippen molar-refractivity contribution in [1.29, 1.82) is 0 Å². The number of carbonyl (C=O) groups is 2. The van der Waals surface area contributed by atoms with E-state index in [2.05, 4.69) is 34.4 Å². The number of rotatable bonds is 7. The number of likely N-dealkylation sites (N-methyl/N-ethyl adjacent to an activating group) is 1. The summed E-state index contributed by atoms with van der Waals surface area (Å²) in [6, 6.07) is 7.77. The Hall–Kier alpha value is -3.52. The van der Waals surface area contributed by atoms with Gasteiger partial charge in [-0.2, -0.15) is 0 Å². The maximum Gasteiger partial charge on any atom is 0.231 e. The molecule has 1 unspecified atom stereocenters. The Balaban J connectivity index is 1.42. The zero-order chi connectivity index (χ0) is 25.2. The van der Waals surface area contributed by atoms with Gasteiger partial charge in [0, 0.05) is 43.2 Å². The summed E-state index contributed by atoms with van der Waals surface area (Å²) >= 11 is 0. The van der Waals surface area contributed by atoms with E-state index in [4.69, 9.17) is 4.98 Å². The standard InChI is InChI=1S/C27H34N6O2/c1-27(2,17-32(3)4)16-29-25(35)18-10-12-20(13-11-18)30-26-28-15-19-14-23(34)33(5)22-9-7-6-8-21(22)24(19)31-26/h6-10,12-13,15,18H,11,14,16-17H2,1-5H3,(H,29,35)(H,28,30,31). The number of carbonyl (C=O) groups excluding carboxylic acids is 2. The van der Waals surface area contributed by atoms with Gasteiger partial charge < -0.3 is 20.4 Å². The van der Waals surface area contributed by atoms with E-state index in [1.807, 2.05) is 56.6 Å². The van der Waals surface area contributed by atoms with Crippen molar-refractivity contribution in [3.8, 4) is 11.3 Å². The normalized spacial score (nSPS) is 17.4. The molecular weight excluding hydrogens is 440 g/mol. The van der Waals surface area contributed by atoms with Gasteiger partial charge in [0.05, 0.1) is 23.7 Å². The smallest absolute Gasteiger partial charge is 0.231 e. The number of aromatic nitrogens is 2. The van der Waals surface area contributed by atoms with E-state index < -0.39 is 0 Å². The molecule has 0 bridgehead atoms. The number of allylic oxidation sites excluding steroid dienone is 2. The molecule has 0 saturated heterocycles. The number of amides is 2. The number of hydrogen-bond acceptors (Lipinski definition) is 6. The first-order valence-corrected chi connectivity index (χ1v) is 11.9. The summed E-state index contributed by atoms with van der Waals surface area (Å²) in [6.45, 7) is 5.83. The molecule has 1 aromatic heterocycles. The van der Waals surface area contributed by atoms with Gasteiger partial charge in [-0.15, -0.1) is 0 Å². The fraction of sp³-hybridized carbons (Fsp3) is 0.407. The van der Waals surface area contributed by atoms with Gasteiger partial charge in [0.25, 0.3) is 0 Å². The van der Waals surface area contributed by atoms with Gasteiger partial charge >= 0.3 is 0 Å². The van der Waals surface area contributed by atoms with Crippen molar-refractivity contribution in [2.75, 3.05) is 44.4 Å². The highest BCUT2D eigenvalue weighted by atomic mass is 16.2. The molecule has 1 aromatic carbocycles.